The lowest BCUT2D eigenvalue weighted by Crippen LogP contribution is -2.37. The zero-order valence-corrected chi connectivity index (χ0v) is 34.6. The summed E-state index contributed by atoms with van der Waals surface area (Å²) in [7, 11) is 2.39. The molecule has 1 aliphatic heterocycles. The quantitative estimate of drug-likeness (QED) is 0.124. The molecule has 0 N–H and O–H groups in total. The number of rotatable bonds is 6. The van der Waals surface area contributed by atoms with Gasteiger partial charge in [0, 0.05) is 22.5 Å². The van der Waals surface area contributed by atoms with E-state index in [1.54, 1.807) is 0 Å². The molecule has 0 fully saturated rings. The van der Waals surface area contributed by atoms with Crippen molar-refractivity contribution in [2.24, 2.45) is 0 Å². The number of nitrogens with zero attached hydrogens (tertiary/aromatic N) is 2. The number of para-hydroxylation sites is 1. The van der Waals surface area contributed by atoms with Crippen molar-refractivity contribution in [3.63, 3.8) is 0 Å². The van der Waals surface area contributed by atoms with Crippen LogP contribution >= 0.6 is 0 Å². The summed E-state index contributed by atoms with van der Waals surface area (Å²) in [5.41, 5.74) is 18.5. The summed E-state index contributed by atoms with van der Waals surface area (Å²) in [6.45, 7) is 24.7. The molecule has 0 aromatic heterocycles. The first-order valence-corrected chi connectivity index (χ1v) is 19.8. The molecule has 0 aliphatic carbocycles. The Morgan fingerprint density at radius 2 is 1.14 bits per heavy atom. The number of hydrogen-bond donors (Lipinski definition) is 0. The molecule has 6 aromatic carbocycles. The Kier molecular flexibility index (Phi) is 10.6. The third kappa shape index (κ3) is 7.43. The highest BCUT2D eigenvalue weighted by Crippen LogP contribution is 2.48. The van der Waals surface area contributed by atoms with Gasteiger partial charge in [0.15, 0.2) is 7.28 Å². The van der Waals surface area contributed by atoms with Crippen LogP contribution in [0.4, 0.5) is 28.4 Å². The second-order valence-electron chi connectivity index (χ2n) is 17.0. The standard InChI is InChI=1S/C53H54BN2/c1-11-21-46(42(12-2)38-22-15-13-16-23-38)55-48-32-36(3)33-49(37(48)4)56(47-27-20-19-26-43(47)39-24-17-14-18-25-39)51-35-41(53(8,9)10)29-31-45(51)54-44-30-28-40(34-50(44)55)52(5,6)7/h11-35H,1H2,2-10H3/b42-12-,46-21+. The SMILES string of the molecule is C=C/C=C(\C(=C/C)c1ccccc1)N1c2cc(C(C)(C)C)ccc2[B]c2ccc(C(C)(C)C)cc2N(c2ccccc2-c2ccccc2)c2cc(C)cc1c2C. The van der Waals surface area contributed by atoms with Crippen LogP contribution in [-0.4, -0.2) is 7.28 Å². The summed E-state index contributed by atoms with van der Waals surface area (Å²) in [6.07, 6.45) is 6.34. The zero-order valence-electron chi connectivity index (χ0n) is 34.6. The highest BCUT2D eigenvalue weighted by Gasteiger charge is 2.31. The first-order chi connectivity index (χ1) is 26.8. The zero-order chi connectivity index (χ0) is 39.8. The van der Waals surface area contributed by atoms with E-state index in [1.165, 1.54) is 33.4 Å². The maximum absolute atomic E-state index is 4.27. The summed E-state index contributed by atoms with van der Waals surface area (Å²) in [6, 6.07) is 49.2. The van der Waals surface area contributed by atoms with Crippen LogP contribution in [0.2, 0.25) is 0 Å². The molecule has 6 aromatic rings. The number of anilines is 5. The van der Waals surface area contributed by atoms with Crippen LogP contribution in [-0.2, 0) is 10.8 Å². The van der Waals surface area contributed by atoms with Crippen molar-refractivity contribution < 1.29 is 0 Å². The molecule has 2 bridgehead atoms. The van der Waals surface area contributed by atoms with Crippen molar-refractivity contribution >= 4 is 52.2 Å². The van der Waals surface area contributed by atoms with Crippen molar-refractivity contribution in [1.29, 1.82) is 0 Å². The molecule has 56 heavy (non-hydrogen) atoms. The minimum atomic E-state index is -0.0640. The van der Waals surface area contributed by atoms with Crippen molar-refractivity contribution in [3.05, 3.63) is 192 Å². The van der Waals surface area contributed by atoms with Gasteiger partial charge in [0.25, 0.3) is 0 Å². The van der Waals surface area contributed by atoms with Gasteiger partial charge in [-0.05, 0) is 101 Å². The Morgan fingerprint density at radius 1 is 0.589 bits per heavy atom. The number of allylic oxidation sites excluding steroid dienone is 4. The Morgan fingerprint density at radius 3 is 1.75 bits per heavy atom. The maximum atomic E-state index is 4.27. The van der Waals surface area contributed by atoms with Gasteiger partial charge in [-0.3, -0.25) is 0 Å². The molecule has 0 amide bonds. The van der Waals surface area contributed by atoms with E-state index in [4.69, 9.17) is 0 Å². The molecule has 0 saturated heterocycles. The first kappa shape index (κ1) is 38.5. The molecule has 1 aliphatic rings. The van der Waals surface area contributed by atoms with Crippen LogP contribution < -0.4 is 20.7 Å². The third-order valence-corrected chi connectivity index (χ3v) is 11.0. The second-order valence-corrected chi connectivity index (χ2v) is 17.0. The molecule has 279 valence electrons. The Balaban J connectivity index is 1.64. The van der Waals surface area contributed by atoms with Crippen molar-refractivity contribution in [2.45, 2.75) is 73.1 Å². The number of aryl methyl sites for hydroxylation is 1. The van der Waals surface area contributed by atoms with Crippen LogP contribution in [0.25, 0.3) is 16.7 Å². The van der Waals surface area contributed by atoms with Crippen molar-refractivity contribution in [2.75, 3.05) is 9.80 Å². The monoisotopic (exact) mass is 729 g/mol. The van der Waals surface area contributed by atoms with Gasteiger partial charge in [-0.1, -0.05) is 174 Å². The smallest absolute Gasteiger partial charge is 0.197 e. The van der Waals surface area contributed by atoms with Gasteiger partial charge in [-0.15, -0.1) is 0 Å². The fourth-order valence-corrected chi connectivity index (χ4v) is 7.89. The van der Waals surface area contributed by atoms with Gasteiger partial charge >= 0.3 is 0 Å². The van der Waals surface area contributed by atoms with E-state index in [9.17, 15) is 0 Å². The maximum Gasteiger partial charge on any atom is 0.197 e. The van der Waals surface area contributed by atoms with E-state index in [0.29, 0.717) is 0 Å². The van der Waals surface area contributed by atoms with E-state index < -0.39 is 0 Å². The van der Waals surface area contributed by atoms with E-state index >= 15 is 0 Å². The molecule has 0 spiro atoms. The minimum absolute atomic E-state index is 0.0528. The summed E-state index contributed by atoms with van der Waals surface area (Å²) >= 11 is 0. The molecule has 0 atom stereocenters. The van der Waals surface area contributed by atoms with Crippen LogP contribution in [0.5, 0.6) is 0 Å². The van der Waals surface area contributed by atoms with Crippen molar-refractivity contribution in [3.8, 4) is 11.1 Å². The summed E-state index contributed by atoms with van der Waals surface area (Å²) in [5.74, 6) is 0. The van der Waals surface area contributed by atoms with Gasteiger partial charge in [0.05, 0.1) is 22.8 Å². The van der Waals surface area contributed by atoms with E-state index in [1.807, 2.05) is 6.08 Å². The fraction of sp³-hybridized carbons (Fsp3) is 0.208. The van der Waals surface area contributed by atoms with Crippen LogP contribution in [0.1, 0.15) is 76.3 Å². The highest BCUT2D eigenvalue weighted by molar-refractivity contribution is 6.70. The Hall–Kier alpha value is -5.80. The van der Waals surface area contributed by atoms with Gasteiger partial charge in [-0.2, -0.15) is 0 Å². The van der Waals surface area contributed by atoms with Gasteiger partial charge in [0.2, 0.25) is 0 Å². The number of benzene rings is 6. The molecule has 0 saturated carbocycles. The molecular weight excluding hydrogens is 675 g/mol. The molecule has 3 heteroatoms. The minimum Gasteiger partial charge on any atom is -0.310 e. The van der Waals surface area contributed by atoms with Crippen LogP contribution in [0.15, 0.2) is 164 Å². The Bertz CT molecular complexity index is 2460. The first-order valence-electron chi connectivity index (χ1n) is 19.8. The van der Waals surface area contributed by atoms with Gasteiger partial charge in [0.1, 0.15) is 0 Å². The predicted octanol–water partition coefficient (Wildman–Crippen LogP) is 13.3. The average molecular weight is 730 g/mol. The Labute approximate surface area is 336 Å². The average Bonchev–Trinajstić information content (AvgIpc) is 3.18. The summed E-state index contributed by atoms with van der Waals surface area (Å²) < 4.78 is 0. The highest BCUT2D eigenvalue weighted by atomic mass is 15.2. The largest absolute Gasteiger partial charge is 0.310 e. The van der Waals surface area contributed by atoms with E-state index in [-0.39, 0.29) is 10.8 Å². The van der Waals surface area contributed by atoms with Crippen molar-refractivity contribution in [1.82, 2.24) is 0 Å². The van der Waals surface area contributed by atoms with Crippen LogP contribution in [0, 0.1) is 13.8 Å². The summed E-state index contributed by atoms with van der Waals surface area (Å²) in [4.78, 5) is 5.01. The lowest BCUT2D eigenvalue weighted by atomic mass is 9.61. The van der Waals surface area contributed by atoms with Gasteiger partial charge < -0.3 is 9.80 Å². The predicted molar refractivity (Wildman–Crippen MR) is 245 cm³/mol. The summed E-state index contributed by atoms with van der Waals surface area (Å²) in [5, 5.41) is 0. The molecule has 7 rings (SSSR count). The molecular formula is C53H54BN2. The van der Waals surface area contributed by atoms with Gasteiger partial charge in [-0.25, -0.2) is 0 Å². The normalized spacial score (nSPS) is 13.4. The number of hydrogen-bond acceptors (Lipinski definition) is 2. The molecule has 2 nitrogen and oxygen atoms in total. The lowest BCUT2D eigenvalue weighted by Gasteiger charge is -2.38. The van der Waals surface area contributed by atoms with E-state index in [2.05, 4.69) is 232 Å². The van der Waals surface area contributed by atoms with Crippen LogP contribution in [0.3, 0.4) is 0 Å². The molecule has 0 unspecified atom stereocenters. The van der Waals surface area contributed by atoms with E-state index in [0.717, 1.165) is 56.2 Å². The fourth-order valence-electron chi connectivity index (χ4n) is 7.89. The number of fused-ring (bicyclic) bond motifs is 4. The lowest BCUT2D eigenvalue weighted by molar-refractivity contribution is 0.590. The topological polar surface area (TPSA) is 6.48 Å². The second kappa shape index (κ2) is 15.4. The molecule has 1 heterocycles. The third-order valence-electron chi connectivity index (χ3n) is 11.0. The molecule has 1 radical (unpaired) electrons.